The average molecular weight is 373 g/mol. The molecular weight excluding hydrogens is 359 g/mol. The van der Waals surface area contributed by atoms with E-state index >= 15 is 0 Å². The van der Waals surface area contributed by atoms with Crippen LogP contribution in [0.3, 0.4) is 0 Å². The predicted molar refractivity (Wildman–Crippen MR) is 84.1 cm³/mol. The lowest BCUT2D eigenvalue weighted by Gasteiger charge is -2.09. The van der Waals surface area contributed by atoms with E-state index in [0.717, 1.165) is 5.56 Å². The molecule has 112 valence electrons. The van der Waals surface area contributed by atoms with Gasteiger partial charge in [0.05, 0.1) is 10.6 Å². The summed E-state index contributed by atoms with van der Waals surface area (Å²) in [6.07, 6.45) is 0.676. The zero-order chi connectivity index (χ0) is 15.5. The van der Waals surface area contributed by atoms with Crippen molar-refractivity contribution in [3.05, 3.63) is 58.3 Å². The third kappa shape index (κ3) is 4.03. The molecule has 4 nitrogen and oxygen atoms in total. The number of benzene rings is 2. The van der Waals surface area contributed by atoms with Gasteiger partial charge in [-0.25, -0.2) is 12.8 Å². The quantitative estimate of drug-likeness (QED) is 0.847. The molecule has 0 atom stereocenters. The molecule has 0 saturated carbocycles. The van der Waals surface area contributed by atoms with Crippen LogP contribution >= 0.6 is 15.9 Å². The molecule has 7 heteroatoms. The van der Waals surface area contributed by atoms with Crippen molar-refractivity contribution < 1.29 is 12.8 Å². The summed E-state index contributed by atoms with van der Waals surface area (Å²) in [4.78, 5) is 0.0746. The van der Waals surface area contributed by atoms with Crippen LogP contribution in [0.1, 0.15) is 5.56 Å². The monoisotopic (exact) mass is 372 g/mol. The zero-order valence-corrected chi connectivity index (χ0v) is 13.4. The van der Waals surface area contributed by atoms with Gasteiger partial charge < -0.3 is 5.73 Å². The number of nitrogens with one attached hydrogen (secondary N) is 1. The molecule has 0 saturated heterocycles. The third-order valence-corrected chi connectivity index (χ3v) is 4.72. The standard InChI is InChI=1S/C14H14BrFN2O2S/c15-11-3-6-14(13(16)9-11)18-21(19,20)12-4-1-10(2-5-12)7-8-17/h1-6,9,18H,7-8,17H2. The summed E-state index contributed by atoms with van der Waals surface area (Å²) in [5, 5.41) is 0. The summed E-state index contributed by atoms with van der Waals surface area (Å²) in [6, 6.07) is 10.5. The van der Waals surface area contributed by atoms with Crippen LogP contribution in [0.15, 0.2) is 51.8 Å². The van der Waals surface area contributed by atoms with E-state index in [2.05, 4.69) is 20.7 Å². The topological polar surface area (TPSA) is 72.2 Å². The minimum atomic E-state index is -3.82. The molecule has 2 rings (SSSR count). The van der Waals surface area contributed by atoms with Crippen molar-refractivity contribution in [3.63, 3.8) is 0 Å². The number of hydrogen-bond acceptors (Lipinski definition) is 3. The van der Waals surface area contributed by atoms with Gasteiger partial charge in [0.2, 0.25) is 0 Å². The summed E-state index contributed by atoms with van der Waals surface area (Å²) < 4.78 is 40.8. The fourth-order valence-electron chi connectivity index (χ4n) is 1.78. The summed E-state index contributed by atoms with van der Waals surface area (Å²) in [7, 11) is -3.82. The number of halogens is 2. The van der Waals surface area contributed by atoms with E-state index in [0.29, 0.717) is 17.4 Å². The van der Waals surface area contributed by atoms with E-state index in [1.54, 1.807) is 18.2 Å². The van der Waals surface area contributed by atoms with Crippen LogP contribution in [0, 0.1) is 5.82 Å². The normalized spacial score (nSPS) is 11.4. The fourth-order valence-corrected chi connectivity index (χ4v) is 3.18. The first kappa shape index (κ1) is 15.9. The molecule has 0 fully saturated rings. The molecule has 0 spiro atoms. The molecule has 21 heavy (non-hydrogen) atoms. The van der Waals surface area contributed by atoms with Gasteiger partial charge in [-0.3, -0.25) is 4.72 Å². The largest absolute Gasteiger partial charge is 0.330 e. The molecule has 0 aromatic heterocycles. The Balaban J connectivity index is 2.25. The van der Waals surface area contributed by atoms with Crippen molar-refractivity contribution in [2.24, 2.45) is 5.73 Å². The van der Waals surface area contributed by atoms with Gasteiger partial charge in [-0.15, -0.1) is 0 Å². The maximum absolute atomic E-state index is 13.7. The van der Waals surface area contributed by atoms with E-state index < -0.39 is 15.8 Å². The highest BCUT2D eigenvalue weighted by atomic mass is 79.9. The Kier molecular flexibility index (Phi) is 4.97. The second-order valence-electron chi connectivity index (χ2n) is 4.41. The maximum Gasteiger partial charge on any atom is 0.261 e. The van der Waals surface area contributed by atoms with E-state index in [-0.39, 0.29) is 10.6 Å². The zero-order valence-electron chi connectivity index (χ0n) is 11.0. The van der Waals surface area contributed by atoms with Gasteiger partial charge >= 0.3 is 0 Å². The molecule has 0 aliphatic rings. The molecule has 0 heterocycles. The first-order valence-corrected chi connectivity index (χ1v) is 8.47. The van der Waals surface area contributed by atoms with Gasteiger partial charge in [-0.2, -0.15) is 0 Å². The highest BCUT2D eigenvalue weighted by Crippen LogP contribution is 2.22. The summed E-state index contributed by atoms with van der Waals surface area (Å²) in [5.74, 6) is -0.646. The van der Waals surface area contributed by atoms with Gasteiger partial charge in [0, 0.05) is 4.47 Å². The SMILES string of the molecule is NCCc1ccc(S(=O)(=O)Nc2ccc(Br)cc2F)cc1. The molecule has 0 aliphatic heterocycles. The fraction of sp³-hybridized carbons (Fsp3) is 0.143. The van der Waals surface area contributed by atoms with Gasteiger partial charge in [-0.05, 0) is 48.9 Å². The third-order valence-electron chi connectivity index (χ3n) is 2.84. The highest BCUT2D eigenvalue weighted by molar-refractivity contribution is 9.10. The molecule has 0 unspecified atom stereocenters. The maximum atomic E-state index is 13.7. The Hall–Kier alpha value is -1.44. The van der Waals surface area contributed by atoms with E-state index in [4.69, 9.17) is 5.73 Å². The Morgan fingerprint density at radius 3 is 2.38 bits per heavy atom. The van der Waals surface area contributed by atoms with Gasteiger partial charge in [0.1, 0.15) is 5.82 Å². The van der Waals surface area contributed by atoms with E-state index in [1.807, 2.05) is 0 Å². The molecule has 0 amide bonds. The van der Waals surface area contributed by atoms with E-state index in [1.165, 1.54) is 24.3 Å². The number of nitrogens with two attached hydrogens (primary N) is 1. The van der Waals surface area contributed by atoms with Crippen LogP contribution < -0.4 is 10.5 Å². The van der Waals surface area contributed by atoms with Gasteiger partial charge in [0.25, 0.3) is 10.0 Å². The minimum absolute atomic E-state index is 0.0746. The molecule has 2 aromatic carbocycles. The summed E-state index contributed by atoms with van der Waals surface area (Å²) >= 11 is 3.12. The van der Waals surface area contributed by atoms with Gasteiger partial charge in [-0.1, -0.05) is 28.1 Å². The van der Waals surface area contributed by atoms with Crippen LogP contribution in [0.5, 0.6) is 0 Å². The van der Waals surface area contributed by atoms with Crippen molar-refractivity contribution in [2.75, 3.05) is 11.3 Å². The molecule has 2 aromatic rings. The molecule has 0 radical (unpaired) electrons. The summed E-state index contributed by atoms with van der Waals surface area (Å²) in [6.45, 7) is 0.494. The van der Waals surface area contributed by atoms with Crippen molar-refractivity contribution >= 4 is 31.6 Å². The summed E-state index contributed by atoms with van der Waals surface area (Å²) in [5.41, 5.74) is 6.30. The Morgan fingerprint density at radius 2 is 1.81 bits per heavy atom. The molecule has 0 bridgehead atoms. The second kappa shape index (κ2) is 6.55. The van der Waals surface area contributed by atoms with Crippen LogP contribution in [-0.4, -0.2) is 15.0 Å². The first-order valence-electron chi connectivity index (χ1n) is 6.19. The lowest BCUT2D eigenvalue weighted by Crippen LogP contribution is -2.14. The number of sulfonamides is 1. The van der Waals surface area contributed by atoms with Crippen LogP contribution in [0.2, 0.25) is 0 Å². The number of hydrogen-bond donors (Lipinski definition) is 2. The lowest BCUT2D eigenvalue weighted by atomic mass is 10.2. The second-order valence-corrected chi connectivity index (χ2v) is 7.01. The van der Waals surface area contributed by atoms with Crippen molar-refractivity contribution in [1.29, 1.82) is 0 Å². The van der Waals surface area contributed by atoms with E-state index in [9.17, 15) is 12.8 Å². The van der Waals surface area contributed by atoms with Crippen molar-refractivity contribution in [2.45, 2.75) is 11.3 Å². The first-order chi connectivity index (χ1) is 9.92. The van der Waals surface area contributed by atoms with Crippen molar-refractivity contribution in [1.82, 2.24) is 0 Å². The molecular formula is C14H14BrFN2O2S. The minimum Gasteiger partial charge on any atom is -0.330 e. The average Bonchev–Trinajstić information content (AvgIpc) is 2.43. The number of rotatable bonds is 5. The lowest BCUT2D eigenvalue weighted by molar-refractivity contribution is 0.598. The van der Waals surface area contributed by atoms with Gasteiger partial charge in [0.15, 0.2) is 0 Å². The molecule has 0 aliphatic carbocycles. The van der Waals surface area contributed by atoms with Crippen LogP contribution in [0.4, 0.5) is 10.1 Å². The number of anilines is 1. The van der Waals surface area contributed by atoms with Crippen LogP contribution in [-0.2, 0) is 16.4 Å². The Bertz CT molecular complexity index is 733. The van der Waals surface area contributed by atoms with Crippen LogP contribution in [0.25, 0.3) is 0 Å². The Morgan fingerprint density at radius 1 is 1.14 bits per heavy atom. The Labute approximate surface area is 131 Å². The molecule has 3 N–H and O–H groups in total. The highest BCUT2D eigenvalue weighted by Gasteiger charge is 2.16. The smallest absolute Gasteiger partial charge is 0.261 e. The van der Waals surface area contributed by atoms with Crippen molar-refractivity contribution in [3.8, 4) is 0 Å². The predicted octanol–water partition coefficient (Wildman–Crippen LogP) is 2.89.